The predicted molar refractivity (Wildman–Crippen MR) is 119 cm³/mol. The largest absolute Gasteiger partial charge is 0.348 e. The van der Waals surface area contributed by atoms with Crippen LogP contribution < -0.4 is 5.32 Å². The number of hydrogen-bond donors (Lipinski definition) is 1. The second-order valence-electron chi connectivity index (χ2n) is 7.77. The summed E-state index contributed by atoms with van der Waals surface area (Å²) in [6.07, 6.45) is 1.62. The molecule has 1 aliphatic heterocycles. The minimum absolute atomic E-state index is 0.0615. The van der Waals surface area contributed by atoms with E-state index < -0.39 is 0 Å². The van der Waals surface area contributed by atoms with Crippen LogP contribution in [0, 0.1) is 6.92 Å². The molecule has 0 aliphatic carbocycles. The molecule has 0 spiro atoms. The van der Waals surface area contributed by atoms with Gasteiger partial charge in [0.15, 0.2) is 0 Å². The summed E-state index contributed by atoms with van der Waals surface area (Å²) in [5.41, 5.74) is 6.09. The Morgan fingerprint density at radius 2 is 1.70 bits per heavy atom. The van der Waals surface area contributed by atoms with Crippen molar-refractivity contribution in [3.05, 3.63) is 95.1 Å². The van der Waals surface area contributed by atoms with Crippen LogP contribution >= 0.6 is 0 Å². The highest BCUT2D eigenvalue weighted by atomic mass is 16.2. The van der Waals surface area contributed by atoms with E-state index in [1.165, 1.54) is 0 Å². The molecular formula is C26H26N2O2. The minimum atomic E-state index is -0.0615. The number of nitrogens with one attached hydrogen (secondary N) is 1. The third-order valence-corrected chi connectivity index (χ3v) is 5.66. The van der Waals surface area contributed by atoms with Crippen molar-refractivity contribution in [2.45, 2.75) is 32.9 Å². The average Bonchev–Trinajstić information content (AvgIpc) is 3.17. The Labute approximate surface area is 177 Å². The molecule has 0 aromatic heterocycles. The molecule has 0 atom stereocenters. The fraction of sp³-hybridized carbons (Fsp3) is 0.231. The lowest BCUT2D eigenvalue weighted by Crippen LogP contribution is -2.24. The van der Waals surface area contributed by atoms with Gasteiger partial charge in [-0.3, -0.25) is 9.59 Å². The summed E-state index contributed by atoms with van der Waals surface area (Å²) in [6.45, 7) is 3.94. The van der Waals surface area contributed by atoms with Crippen LogP contribution in [-0.4, -0.2) is 23.3 Å². The van der Waals surface area contributed by atoms with Crippen LogP contribution in [0.15, 0.2) is 72.8 Å². The summed E-state index contributed by atoms with van der Waals surface area (Å²) in [7, 11) is 0. The molecule has 1 saturated heterocycles. The third-order valence-electron chi connectivity index (χ3n) is 5.66. The van der Waals surface area contributed by atoms with Crippen molar-refractivity contribution in [1.29, 1.82) is 0 Å². The molecule has 30 heavy (non-hydrogen) atoms. The fourth-order valence-electron chi connectivity index (χ4n) is 3.94. The van der Waals surface area contributed by atoms with E-state index in [1.807, 2.05) is 54.3 Å². The van der Waals surface area contributed by atoms with Crippen molar-refractivity contribution >= 4 is 11.8 Å². The van der Waals surface area contributed by atoms with Crippen molar-refractivity contribution in [1.82, 2.24) is 10.2 Å². The van der Waals surface area contributed by atoms with E-state index in [0.29, 0.717) is 25.1 Å². The number of carbonyl (C=O) groups excluding carboxylic acids is 2. The highest BCUT2D eigenvalue weighted by Crippen LogP contribution is 2.25. The number of nitrogens with zero attached hydrogens (tertiary/aromatic N) is 1. The van der Waals surface area contributed by atoms with Gasteiger partial charge in [0, 0.05) is 31.6 Å². The Kier molecular flexibility index (Phi) is 5.94. The zero-order valence-corrected chi connectivity index (χ0v) is 17.2. The lowest BCUT2D eigenvalue weighted by atomic mass is 9.98. The summed E-state index contributed by atoms with van der Waals surface area (Å²) in [4.78, 5) is 26.4. The van der Waals surface area contributed by atoms with Gasteiger partial charge in [-0.15, -0.1) is 0 Å². The van der Waals surface area contributed by atoms with Gasteiger partial charge in [-0.2, -0.15) is 0 Å². The maximum atomic E-state index is 12.6. The van der Waals surface area contributed by atoms with Crippen molar-refractivity contribution in [2.24, 2.45) is 0 Å². The van der Waals surface area contributed by atoms with Crippen LogP contribution in [0.4, 0.5) is 0 Å². The molecule has 1 aliphatic rings. The summed E-state index contributed by atoms with van der Waals surface area (Å²) in [5, 5.41) is 3.05. The van der Waals surface area contributed by atoms with Gasteiger partial charge in [-0.05, 0) is 47.2 Å². The second kappa shape index (κ2) is 8.95. The van der Waals surface area contributed by atoms with E-state index in [0.717, 1.165) is 40.8 Å². The monoisotopic (exact) mass is 398 g/mol. The zero-order valence-electron chi connectivity index (χ0n) is 17.2. The number of benzene rings is 3. The molecule has 0 saturated carbocycles. The number of carbonyl (C=O) groups is 2. The van der Waals surface area contributed by atoms with Crippen molar-refractivity contribution in [3.8, 4) is 11.1 Å². The first-order valence-corrected chi connectivity index (χ1v) is 10.4. The maximum Gasteiger partial charge on any atom is 0.251 e. The van der Waals surface area contributed by atoms with Crippen LogP contribution in [0.1, 0.15) is 39.9 Å². The number of rotatable bonds is 6. The van der Waals surface area contributed by atoms with E-state index in [-0.39, 0.29) is 11.8 Å². The predicted octanol–water partition coefficient (Wildman–Crippen LogP) is 4.71. The van der Waals surface area contributed by atoms with E-state index in [2.05, 4.69) is 35.6 Å². The molecule has 3 aromatic carbocycles. The number of aryl methyl sites for hydroxylation is 1. The number of hydrogen-bond acceptors (Lipinski definition) is 2. The standard InChI is InChI=1S/C26H26N2O2/c1-19-7-2-4-9-23(19)26(30)27-17-22-8-3-5-10-24(22)21-14-12-20(13-15-21)18-28-16-6-11-25(28)29/h2-5,7-10,12-15H,6,11,16-18H2,1H3,(H,27,30). The lowest BCUT2D eigenvalue weighted by Gasteiger charge is -2.16. The molecule has 4 rings (SSSR count). The van der Waals surface area contributed by atoms with Gasteiger partial charge >= 0.3 is 0 Å². The molecule has 0 bridgehead atoms. The third kappa shape index (κ3) is 4.43. The molecule has 4 heteroatoms. The summed E-state index contributed by atoms with van der Waals surface area (Å²) < 4.78 is 0. The van der Waals surface area contributed by atoms with Crippen LogP contribution in [0.2, 0.25) is 0 Å². The summed E-state index contributed by atoms with van der Waals surface area (Å²) in [6, 6.07) is 24.1. The molecule has 152 valence electrons. The Balaban J connectivity index is 1.47. The molecule has 1 heterocycles. The van der Waals surface area contributed by atoms with Gasteiger partial charge in [-0.1, -0.05) is 66.7 Å². The maximum absolute atomic E-state index is 12.6. The van der Waals surface area contributed by atoms with Crippen molar-refractivity contribution in [3.63, 3.8) is 0 Å². The highest BCUT2D eigenvalue weighted by Gasteiger charge is 2.20. The molecule has 0 radical (unpaired) electrons. The molecule has 4 nitrogen and oxygen atoms in total. The fourth-order valence-corrected chi connectivity index (χ4v) is 3.94. The first-order valence-electron chi connectivity index (χ1n) is 10.4. The molecule has 0 unspecified atom stereocenters. The number of likely N-dealkylation sites (tertiary alicyclic amines) is 1. The van der Waals surface area contributed by atoms with Crippen molar-refractivity contribution in [2.75, 3.05) is 6.54 Å². The van der Waals surface area contributed by atoms with Gasteiger partial charge in [-0.25, -0.2) is 0 Å². The smallest absolute Gasteiger partial charge is 0.251 e. The summed E-state index contributed by atoms with van der Waals surface area (Å²) in [5.74, 6) is 0.183. The minimum Gasteiger partial charge on any atom is -0.348 e. The van der Waals surface area contributed by atoms with Crippen LogP contribution in [0.25, 0.3) is 11.1 Å². The molecule has 3 aromatic rings. The van der Waals surface area contributed by atoms with E-state index in [4.69, 9.17) is 0 Å². The Hall–Kier alpha value is -3.40. The van der Waals surface area contributed by atoms with E-state index in [1.54, 1.807) is 0 Å². The van der Waals surface area contributed by atoms with E-state index >= 15 is 0 Å². The molecule has 2 amide bonds. The van der Waals surface area contributed by atoms with Crippen LogP contribution in [-0.2, 0) is 17.9 Å². The Morgan fingerprint density at radius 1 is 0.967 bits per heavy atom. The Morgan fingerprint density at radius 3 is 2.43 bits per heavy atom. The van der Waals surface area contributed by atoms with Gasteiger partial charge < -0.3 is 10.2 Å². The quantitative estimate of drug-likeness (QED) is 0.653. The first kappa shape index (κ1) is 19.9. The summed E-state index contributed by atoms with van der Waals surface area (Å²) >= 11 is 0. The average molecular weight is 399 g/mol. The molecule has 1 fully saturated rings. The van der Waals surface area contributed by atoms with Gasteiger partial charge in [0.05, 0.1) is 0 Å². The van der Waals surface area contributed by atoms with Gasteiger partial charge in [0.25, 0.3) is 5.91 Å². The second-order valence-corrected chi connectivity index (χ2v) is 7.77. The first-order chi connectivity index (χ1) is 14.6. The SMILES string of the molecule is Cc1ccccc1C(=O)NCc1ccccc1-c1ccc(CN2CCCC2=O)cc1. The molecular weight excluding hydrogens is 372 g/mol. The lowest BCUT2D eigenvalue weighted by molar-refractivity contribution is -0.128. The highest BCUT2D eigenvalue weighted by molar-refractivity contribution is 5.95. The van der Waals surface area contributed by atoms with Crippen molar-refractivity contribution < 1.29 is 9.59 Å². The van der Waals surface area contributed by atoms with Crippen LogP contribution in [0.3, 0.4) is 0 Å². The van der Waals surface area contributed by atoms with Gasteiger partial charge in [0.1, 0.15) is 0 Å². The Bertz CT molecular complexity index is 1060. The molecule has 1 N–H and O–H groups in total. The number of amides is 2. The topological polar surface area (TPSA) is 49.4 Å². The zero-order chi connectivity index (χ0) is 20.9. The van der Waals surface area contributed by atoms with Gasteiger partial charge in [0.2, 0.25) is 5.91 Å². The normalized spacial score (nSPS) is 13.5. The van der Waals surface area contributed by atoms with E-state index in [9.17, 15) is 9.59 Å². The van der Waals surface area contributed by atoms with Crippen LogP contribution in [0.5, 0.6) is 0 Å².